The minimum Gasteiger partial charge on any atom is -0.480 e. The topological polar surface area (TPSA) is 439 Å². The van der Waals surface area contributed by atoms with E-state index in [0.717, 1.165) is 32.7 Å². The van der Waals surface area contributed by atoms with E-state index >= 15 is 19.2 Å². The molecule has 6 aromatic rings. The highest BCUT2D eigenvalue weighted by Crippen LogP contribution is 2.27. The summed E-state index contributed by atoms with van der Waals surface area (Å²) in [4.78, 5) is 167. The number of carbonyl (C=O) groups is 11. The predicted octanol–water partition coefficient (Wildman–Crippen LogP) is 0.675. The summed E-state index contributed by atoms with van der Waals surface area (Å²) in [5.74, 6) is -9.88. The maximum atomic E-state index is 15.4. The Labute approximate surface area is 548 Å². The minimum atomic E-state index is -1.67. The molecular weight excluding hydrogens is 1220 g/mol. The maximum absolute atomic E-state index is 15.4. The summed E-state index contributed by atoms with van der Waals surface area (Å²) in [6.07, 6.45) is 2.19. The number of primary amides is 1. The summed E-state index contributed by atoms with van der Waals surface area (Å²) in [6, 6.07) is 7.87. The van der Waals surface area contributed by atoms with Gasteiger partial charge in [-0.25, -0.2) is 4.79 Å². The molecule has 0 radical (unpaired) electrons. The lowest BCUT2D eigenvalue weighted by molar-refractivity contribution is -0.145. The van der Waals surface area contributed by atoms with Crippen LogP contribution in [-0.4, -0.2) is 191 Å². The van der Waals surface area contributed by atoms with Crippen LogP contribution in [-0.2, 0) is 72.0 Å². The van der Waals surface area contributed by atoms with Crippen molar-refractivity contribution in [3.63, 3.8) is 0 Å². The van der Waals surface area contributed by atoms with Crippen molar-refractivity contribution in [3.05, 3.63) is 108 Å². The lowest BCUT2D eigenvalue weighted by Gasteiger charge is -2.32. The molecule has 2 saturated heterocycles. The average Bonchev–Trinajstić information content (AvgIpc) is 1.76. The van der Waals surface area contributed by atoms with Crippen LogP contribution >= 0.6 is 0 Å². The number of carboxylic acids is 1. The van der Waals surface area contributed by atoms with E-state index in [2.05, 4.69) is 52.2 Å². The maximum Gasteiger partial charge on any atom is 0.326 e. The molecule has 12 atom stereocenters. The molecule has 0 aliphatic carbocycles. The van der Waals surface area contributed by atoms with Gasteiger partial charge in [-0.05, 0) is 99.1 Å². The zero-order valence-electron chi connectivity index (χ0n) is 54.1. The van der Waals surface area contributed by atoms with Gasteiger partial charge in [0.15, 0.2) is 0 Å². The van der Waals surface area contributed by atoms with Crippen LogP contribution < -0.4 is 48.7 Å². The quantitative estimate of drug-likeness (QED) is 0.0285. The van der Waals surface area contributed by atoms with Gasteiger partial charge in [0.1, 0.15) is 54.4 Å². The number of likely N-dealkylation sites (tertiary alicyclic amines) is 2. The Morgan fingerprint density at radius 3 is 1.28 bits per heavy atom. The van der Waals surface area contributed by atoms with E-state index in [4.69, 9.17) is 11.5 Å². The second-order valence-electron chi connectivity index (χ2n) is 25.7. The Hall–Kier alpha value is -9.67. The van der Waals surface area contributed by atoms with Gasteiger partial charge in [-0.2, -0.15) is 0 Å². The largest absolute Gasteiger partial charge is 0.480 e. The SMILES string of the molecule is CC(C)C[C@H](NC(=O)[C@@H](NC(=O)[C@@H]1CCCN1C(=O)[C@H](CC(C)C)NC(=O)[C@H](Cc1c[nH]c2ccccc12)NC(=O)[C@H](Cc1c[nH]c2ccccc12)NC(=O)[C@@H]1CCCN1C(=O)[C@H](Cc1c[nH]c2ccccc12)NC(=O)[C@@H](NC(=O)[C@@H](N)CC(N)=O)[C@@H](C)O)[C@@H](C)O)C(=O)O. The van der Waals surface area contributed by atoms with Crippen molar-refractivity contribution in [2.75, 3.05) is 13.1 Å². The summed E-state index contributed by atoms with van der Waals surface area (Å²) < 4.78 is 0. The highest BCUT2D eigenvalue weighted by Gasteiger charge is 2.44. The number of benzene rings is 3. The number of H-pyrrole nitrogens is 3. The summed E-state index contributed by atoms with van der Waals surface area (Å²) in [6.45, 7) is 9.84. The van der Waals surface area contributed by atoms with E-state index in [1.165, 1.54) is 23.6 Å². The van der Waals surface area contributed by atoms with Crippen molar-refractivity contribution in [2.45, 2.75) is 178 Å². The molecule has 17 N–H and O–H groups in total. The van der Waals surface area contributed by atoms with Gasteiger partial charge in [-0.15, -0.1) is 0 Å². The first kappa shape index (κ1) is 71.2. The van der Waals surface area contributed by atoms with Crippen LogP contribution in [0.15, 0.2) is 91.4 Å². The zero-order chi connectivity index (χ0) is 68.9. The molecule has 0 saturated carbocycles. The Bertz CT molecular complexity index is 3780. The number of aromatic amines is 3. The predicted molar refractivity (Wildman–Crippen MR) is 351 cm³/mol. The molecule has 0 spiro atoms. The van der Waals surface area contributed by atoms with E-state index in [0.29, 0.717) is 29.5 Å². The van der Waals surface area contributed by atoms with Crippen LogP contribution in [0.2, 0.25) is 0 Å². The summed E-state index contributed by atoms with van der Waals surface area (Å²) in [5, 5.41) is 52.3. The fraction of sp³-hybridized carbons (Fsp3) is 0.478. The van der Waals surface area contributed by atoms with Crippen molar-refractivity contribution >= 4 is 97.7 Å². The number of aliphatic hydroxyl groups is 2. The third-order valence-corrected chi connectivity index (χ3v) is 17.4. The van der Waals surface area contributed by atoms with Crippen LogP contribution in [0, 0.1) is 11.8 Å². The van der Waals surface area contributed by atoms with Crippen LogP contribution in [0.25, 0.3) is 32.7 Å². The Kier molecular flexibility index (Phi) is 24.0. The Morgan fingerprint density at radius 2 is 0.853 bits per heavy atom. The highest BCUT2D eigenvalue weighted by atomic mass is 16.4. The van der Waals surface area contributed by atoms with Crippen LogP contribution in [0.1, 0.15) is 103 Å². The van der Waals surface area contributed by atoms with Crippen molar-refractivity contribution in [3.8, 4) is 0 Å². The molecule has 8 rings (SSSR count). The molecule has 95 heavy (non-hydrogen) atoms. The fourth-order valence-corrected chi connectivity index (χ4v) is 12.5. The number of nitrogens with zero attached hydrogens (tertiary/aromatic N) is 2. The third kappa shape index (κ3) is 18.0. The van der Waals surface area contributed by atoms with Gasteiger partial charge in [0.05, 0.1) is 24.7 Å². The molecule has 2 fully saturated rings. The minimum absolute atomic E-state index is 0.0358. The van der Waals surface area contributed by atoms with Gasteiger partial charge < -0.3 is 88.8 Å². The molecule has 3 aromatic carbocycles. The number of nitrogens with two attached hydrogens (primary N) is 2. The number of rotatable bonds is 31. The first-order valence-corrected chi connectivity index (χ1v) is 32.2. The number of fused-ring (bicyclic) bond motifs is 3. The number of aromatic nitrogens is 3. The second kappa shape index (κ2) is 32.0. The van der Waals surface area contributed by atoms with Gasteiger partial charge in [0.25, 0.3) is 0 Å². The smallest absolute Gasteiger partial charge is 0.326 e. The summed E-state index contributed by atoms with van der Waals surface area (Å²) in [7, 11) is 0. The first-order valence-electron chi connectivity index (χ1n) is 32.2. The number of para-hydroxylation sites is 3. The van der Waals surface area contributed by atoms with Gasteiger partial charge in [0, 0.05) is 83.7 Å². The lowest BCUT2D eigenvalue weighted by Crippen LogP contribution is -2.62. The standard InChI is InChI=1S/C67H88N14O14/c1-34(2)25-50(65(92)81-24-14-22-54(81)62(89)79-57(37(6)83)64(91)77-52(67(94)95)26-35(3)4)75-60(87)48(27-38-31-70-45-18-10-7-15-41(38)45)73-59(86)49(28-39-32-71-46-19-11-8-16-42(39)46)74-61(88)53-21-13-23-80(53)66(93)51(29-40-33-72-47-20-12-9-17-43(40)47)76-63(90)56(36(5)82)78-58(85)44(68)30-55(69)84/h7-12,15-20,31-37,44,48-54,56-57,70-72,82-83H,13-14,21-30,68H2,1-6H3,(H2,69,84)(H,73,86)(H,74,88)(H,75,87)(H,76,90)(H,77,91)(H,78,85)(H,79,89)(H,94,95)/t36-,37-,44+,48+,49+,50+,51+,52+,53+,54+,56+,57+/m1/s1. The number of hydrogen-bond donors (Lipinski definition) is 15. The monoisotopic (exact) mass is 1310 g/mol. The van der Waals surface area contributed by atoms with Crippen molar-refractivity contribution in [1.29, 1.82) is 0 Å². The van der Waals surface area contributed by atoms with Gasteiger partial charge in [-0.1, -0.05) is 82.3 Å². The van der Waals surface area contributed by atoms with Crippen LogP contribution in [0.3, 0.4) is 0 Å². The Balaban J connectivity index is 1.07. The third-order valence-electron chi connectivity index (χ3n) is 17.4. The molecule has 0 bridgehead atoms. The van der Waals surface area contributed by atoms with Crippen molar-refractivity contribution in [2.24, 2.45) is 23.3 Å². The van der Waals surface area contributed by atoms with Gasteiger partial charge >= 0.3 is 5.97 Å². The first-order chi connectivity index (χ1) is 45.2. The number of nitrogens with one attached hydrogen (secondary N) is 10. The Morgan fingerprint density at radius 1 is 0.484 bits per heavy atom. The molecule has 28 nitrogen and oxygen atoms in total. The van der Waals surface area contributed by atoms with Crippen LogP contribution in [0.4, 0.5) is 0 Å². The summed E-state index contributed by atoms with van der Waals surface area (Å²) >= 11 is 0. The fourth-order valence-electron chi connectivity index (χ4n) is 12.5. The molecule has 0 unspecified atom stereocenters. The summed E-state index contributed by atoms with van der Waals surface area (Å²) in [5.41, 5.74) is 15.1. The molecule has 2 aliphatic rings. The van der Waals surface area contributed by atoms with Crippen LogP contribution in [0.5, 0.6) is 0 Å². The number of carbonyl (C=O) groups excluding carboxylic acids is 10. The highest BCUT2D eigenvalue weighted by molar-refractivity contribution is 6.00. The lowest BCUT2D eigenvalue weighted by atomic mass is 9.99. The number of amides is 10. The van der Waals surface area contributed by atoms with E-state index in [9.17, 15) is 48.9 Å². The van der Waals surface area contributed by atoms with E-state index < -0.39 is 144 Å². The number of aliphatic hydroxyl groups excluding tert-OH is 2. The van der Waals surface area contributed by atoms with Gasteiger partial charge in [0.2, 0.25) is 59.1 Å². The number of hydrogen-bond acceptors (Lipinski definition) is 14. The van der Waals surface area contributed by atoms with Crippen molar-refractivity contribution < 1.29 is 68.1 Å². The normalized spacial score (nSPS) is 18.0. The van der Waals surface area contributed by atoms with E-state index in [1.54, 1.807) is 38.5 Å². The molecule has 28 heteroatoms. The van der Waals surface area contributed by atoms with Crippen molar-refractivity contribution in [1.82, 2.24) is 62.0 Å². The van der Waals surface area contributed by atoms with E-state index in [1.807, 2.05) is 80.6 Å². The second-order valence-corrected chi connectivity index (χ2v) is 25.7. The molecule has 3 aromatic heterocycles. The number of aliphatic carboxylic acids is 1. The van der Waals surface area contributed by atoms with Gasteiger partial charge in [-0.3, -0.25) is 47.9 Å². The molecular formula is C67H88N14O14. The average molecular weight is 1310 g/mol. The number of carboxylic acid groups (broad SMARTS) is 1. The molecule has 5 heterocycles. The zero-order valence-corrected chi connectivity index (χ0v) is 54.1. The van der Waals surface area contributed by atoms with E-state index in [-0.39, 0.29) is 69.9 Å². The molecule has 510 valence electrons. The molecule has 10 amide bonds. The molecule has 2 aliphatic heterocycles.